The summed E-state index contributed by atoms with van der Waals surface area (Å²) in [4.78, 5) is 18.6. The standard InChI is InChI=1S/C14H22N4O2/c1-3-4-16-14(19)12-9-20-6-5-18(12)13-10(2)7-11(15)8-17-13/h7-8,12H,3-6,9,15H2,1-2H3,(H,16,19). The van der Waals surface area contributed by atoms with Crippen LogP contribution >= 0.6 is 0 Å². The van der Waals surface area contributed by atoms with E-state index in [1.165, 1.54) is 0 Å². The van der Waals surface area contributed by atoms with Gasteiger partial charge in [-0.15, -0.1) is 0 Å². The maximum atomic E-state index is 12.2. The number of hydrogen-bond acceptors (Lipinski definition) is 5. The number of nitrogens with one attached hydrogen (secondary N) is 1. The average Bonchev–Trinajstić information content (AvgIpc) is 2.45. The van der Waals surface area contributed by atoms with Crippen LogP contribution in [-0.4, -0.2) is 43.2 Å². The molecular weight excluding hydrogens is 256 g/mol. The van der Waals surface area contributed by atoms with Crippen molar-refractivity contribution in [3.05, 3.63) is 17.8 Å². The Kier molecular flexibility index (Phi) is 4.79. The number of nitrogens with two attached hydrogens (primary N) is 1. The van der Waals surface area contributed by atoms with E-state index in [1.807, 2.05) is 24.8 Å². The van der Waals surface area contributed by atoms with Crippen molar-refractivity contribution in [2.75, 3.05) is 36.9 Å². The summed E-state index contributed by atoms with van der Waals surface area (Å²) in [6, 6.07) is 1.55. The first-order valence-corrected chi connectivity index (χ1v) is 6.97. The van der Waals surface area contributed by atoms with Gasteiger partial charge < -0.3 is 20.7 Å². The first-order chi connectivity index (χ1) is 9.63. The summed E-state index contributed by atoms with van der Waals surface area (Å²) in [6.45, 7) is 6.31. The molecule has 0 bridgehead atoms. The summed E-state index contributed by atoms with van der Waals surface area (Å²) >= 11 is 0. The molecule has 1 amide bonds. The molecule has 0 saturated carbocycles. The second kappa shape index (κ2) is 6.56. The lowest BCUT2D eigenvalue weighted by Crippen LogP contribution is -2.54. The van der Waals surface area contributed by atoms with Gasteiger partial charge in [-0.3, -0.25) is 4.79 Å². The summed E-state index contributed by atoms with van der Waals surface area (Å²) in [5.41, 5.74) is 7.34. The van der Waals surface area contributed by atoms with Crippen molar-refractivity contribution in [1.82, 2.24) is 10.3 Å². The van der Waals surface area contributed by atoms with Crippen molar-refractivity contribution in [1.29, 1.82) is 0 Å². The van der Waals surface area contributed by atoms with E-state index in [9.17, 15) is 4.79 Å². The van der Waals surface area contributed by atoms with E-state index >= 15 is 0 Å². The molecule has 1 aromatic rings. The van der Waals surface area contributed by atoms with Crippen LogP contribution in [0.1, 0.15) is 18.9 Å². The molecule has 0 spiro atoms. The highest BCUT2D eigenvalue weighted by Crippen LogP contribution is 2.23. The van der Waals surface area contributed by atoms with E-state index < -0.39 is 0 Å². The van der Waals surface area contributed by atoms with Crippen molar-refractivity contribution in [3.63, 3.8) is 0 Å². The number of morpholine rings is 1. The lowest BCUT2D eigenvalue weighted by molar-refractivity contribution is -0.124. The molecule has 6 nitrogen and oxygen atoms in total. The molecular formula is C14H22N4O2. The van der Waals surface area contributed by atoms with Gasteiger partial charge >= 0.3 is 0 Å². The largest absolute Gasteiger partial charge is 0.397 e. The van der Waals surface area contributed by atoms with Crippen molar-refractivity contribution in [2.45, 2.75) is 26.3 Å². The number of aryl methyl sites for hydroxylation is 1. The fourth-order valence-electron chi connectivity index (χ4n) is 2.33. The van der Waals surface area contributed by atoms with Gasteiger partial charge in [0.2, 0.25) is 5.91 Å². The third kappa shape index (κ3) is 3.19. The fourth-order valence-corrected chi connectivity index (χ4v) is 2.33. The molecule has 0 radical (unpaired) electrons. The van der Waals surface area contributed by atoms with E-state index in [4.69, 9.17) is 10.5 Å². The van der Waals surface area contributed by atoms with Crippen LogP contribution in [0.5, 0.6) is 0 Å². The SMILES string of the molecule is CCCNC(=O)C1COCCN1c1ncc(N)cc1C. The number of hydrogen-bond donors (Lipinski definition) is 2. The number of carbonyl (C=O) groups is 1. The van der Waals surface area contributed by atoms with Crippen LogP contribution in [0.2, 0.25) is 0 Å². The highest BCUT2D eigenvalue weighted by Gasteiger charge is 2.30. The smallest absolute Gasteiger partial charge is 0.245 e. The van der Waals surface area contributed by atoms with Gasteiger partial charge in [-0.1, -0.05) is 6.92 Å². The lowest BCUT2D eigenvalue weighted by atomic mass is 10.1. The first kappa shape index (κ1) is 14.6. The van der Waals surface area contributed by atoms with Gasteiger partial charge in [0.15, 0.2) is 0 Å². The minimum absolute atomic E-state index is 0.00965. The van der Waals surface area contributed by atoms with E-state index in [0.29, 0.717) is 32.0 Å². The highest BCUT2D eigenvalue weighted by atomic mass is 16.5. The molecule has 2 heterocycles. The zero-order valence-electron chi connectivity index (χ0n) is 12.1. The molecule has 1 unspecified atom stereocenters. The number of ether oxygens (including phenoxy) is 1. The van der Waals surface area contributed by atoms with Crippen LogP contribution in [0.25, 0.3) is 0 Å². The Morgan fingerprint density at radius 3 is 3.15 bits per heavy atom. The molecule has 1 aliphatic rings. The molecule has 6 heteroatoms. The predicted octanol–water partition coefficient (Wildman–Crippen LogP) is 0.704. The van der Waals surface area contributed by atoms with Crippen molar-refractivity contribution in [2.24, 2.45) is 0 Å². The third-order valence-electron chi connectivity index (χ3n) is 3.32. The van der Waals surface area contributed by atoms with Crippen LogP contribution in [0.15, 0.2) is 12.3 Å². The summed E-state index contributed by atoms with van der Waals surface area (Å²) in [5, 5.41) is 2.92. The summed E-state index contributed by atoms with van der Waals surface area (Å²) in [7, 11) is 0. The van der Waals surface area contributed by atoms with Gasteiger partial charge in [-0.2, -0.15) is 0 Å². The van der Waals surface area contributed by atoms with E-state index in [1.54, 1.807) is 6.20 Å². The van der Waals surface area contributed by atoms with E-state index in [2.05, 4.69) is 10.3 Å². The fraction of sp³-hybridized carbons (Fsp3) is 0.571. The molecule has 0 aromatic carbocycles. The number of nitrogen functional groups attached to an aromatic ring is 1. The molecule has 1 atom stereocenters. The molecule has 1 aliphatic heterocycles. The normalized spacial score (nSPS) is 18.9. The van der Waals surface area contributed by atoms with Gasteiger partial charge in [0.1, 0.15) is 11.9 Å². The van der Waals surface area contributed by atoms with Crippen LogP contribution < -0.4 is 16.0 Å². The Labute approximate surface area is 119 Å². The number of anilines is 2. The Morgan fingerprint density at radius 2 is 2.45 bits per heavy atom. The van der Waals surface area contributed by atoms with Gasteiger partial charge in [-0.25, -0.2) is 4.98 Å². The van der Waals surface area contributed by atoms with E-state index in [-0.39, 0.29) is 11.9 Å². The number of aromatic nitrogens is 1. The van der Waals surface area contributed by atoms with Crippen LogP contribution in [0.4, 0.5) is 11.5 Å². The monoisotopic (exact) mass is 278 g/mol. The zero-order chi connectivity index (χ0) is 14.5. The number of pyridine rings is 1. The summed E-state index contributed by atoms with van der Waals surface area (Å²) in [5.74, 6) is 0.795. The van der Waals surface area contributed by atoms with Gasteiger partial charge in [-0.05, 0) is 25.0 Å². The third-order valence-corrected chi connectivity index (χ3v) is 3.32. The van der Waals surface area contributed by atoms with Crippen LogP contribution in [0, 0.1) is 6.92 Å². The number of carbonyl (C=O) groups excluding carboxylic acids is 1. The average molecular weight is 278 g/mol. The first-order valence-electron chi connectivity index (χ1n) is 6.97. The summed E-state index contributed by atoms with van der Waals surface area (Å²) < 4.78 is 5.44. The lowest BCUT2D eigenvalue weighted by Gasteiger charge is -2.36. The maximum Gasteiger partial charge on any atom is 0.245 e. The van der Waals surface area contributed by atoms with E-state index in [0.717, 1.165) is 17.8 Å². The molecule has 20 heavy (non-hydrogen) atoms. The molecule has 1 aromatic heterocycles. The number of rotatable bonds is 4. The van der Waals surface area contributed by atoms with Crippen molar-refractivity contribution >= 4 is 17.4 Å². The minimum Gasteiger partial charge on any atom is -0.397 e. The Bertz CT molecular complexity index is 478. The molecule has 3 N–H and O–H groups in total. The number of nitrogens with zero attached hydrogens (tertiary/aromatic N) is 2. The maximum absolute atomic E-state index is 12.2. The molecule has 1 saturated heterocycles. The van der Waals surface area contributed by atoms with Gasteiger partial charge in [0, 0.05) is 13.1 Å². The predicted molar refractivity (Wildman–Crippen MR) is 78.6 cm³/mol. The molecule has 1 fully saturated rings. The quantitative estimate of drug-likeness (QED) is 0.847. The molecule has 2 rings (SSSR count). The topological polar surface area (TPSA) is 80.5 Å². The Morgan fingerprint density at radius 1 is 1.65 bits per heavy atom. The van der Waals surface area contributed by atoms with Crippen LogP contribution in [0.3, 0.4) is 0 Å². The van der Waals surface area contributed by atoms with Crippen molar-refractivity contribution in [3.8, 4) is 0 Å². The summed E-state index contributed by atoms with van der Waals surface area (Å²) in [6.07, 6.45) is 2.54. The Hall–Kier alpha value is -1.82. The van der Waals surface area contributed by atoms with Gasteiger partial charge in [0.25, 0.3) is 0 Å². The zero-order valence-corrected chi connectivity index (χ0v) is 12.1. The second-order valence-electron chi connectivity index (χ2n) is 4.98. The molecule has 0 aliphatic carbocycles. The van der Waals surface area contributed by atoms with Gasteiger partial charge in [0.05, 0.1) is 25.1 Å². The van der Waals surface area contributed by atoms with Crippen molar-refractivity contribution < 1.29 is 9.53 Å². The minimum atomic E-state index is -0.329. The van der Waals surface area contributed by atoms with Crippen LogP contribution in [-0.2, 0) is 9.53 Å². The molecule has 110 valence electrons. The number of amides is 1. The second-order valence-corrected chi connectivity index (χ2v) is 4.98. The highest BCUT2D eigenvalue weighted by molar-refractivity contribution is 5.85. The Balaban J connectivity index is 2.19.